The van der Waals surface area contributed by atoms with Gasteiger partial charge >= 0.3 is 0 Å². The minimum absolute atomic E-state index is 0.0122. The molecule has 0 unspecified atom stereocenters. The number of rotatable bonds is 5. The van der Waals surface area contributed by atoms with E-state index >= 15 is 0 Å². The van der Waals surface area contributed by atoms with Gasteiger partial charge in [-0.2, -0.15) is 0 Å². The van der Waals surface area contributed by atoms with Crippen molar-refractivity contribution in [3.05, 3.63) is 62.2 Å². The van der Waals surface area contributed by atoms with Crippen LogP contribution in [0.25, 0.3) is 0 Å². The summed E-state index contributed by atoms with van der Waals surface area (Å²) in [6.45, 7) is 3.85. The Bertz CT molecular complexity index is 831. The number of likely N-dealkylation sites (tertiary alicyclic amines) is 1. The number of piperidine rings is 1. The molecule has 6 heteroatoms. The summed E-state index contributed by atoms with van der Waals surface area (Å²) in [5, 5.41) is 3.62. The number of amides is 1. The van der Waals surface area contributed by atoms with Crippen LogP contribution in [0.15, 0.2) is 42.5 Å². The van der Waals surface area contributed by atoms with E-state index in [2.05, 4.69) is 32.8 Å². The number of hydrogen-bond donors (Lipinski definition) is 1. The molecule has 1 fully saturated rings. The Labute approximate surface area is 178 Å². The average molecular weight is 497 g/mol. The summed E-state index contributed by atoms with van der Waals surface area (Å²) in [7, 11) is 0. The van der Waals surface area contributed by atoms with Crippen molar-refractivity contribution < 1.29 is 9.59 Å². The first-order valence-electron chi connectivity index (χ1n) is 9.00. The standard InChI is InChI=1S/C21H22ClIN2O2/c1-14-12-18(23)6-7-19(14)24-20(26)13-25-10-8-16(9-11-25)21(27)15-2-4-17(22)5-3-15/h2-7,12,16H,8-11,13H2,1H3,(H,24,26). The molecule has 1 N–H and O–H groups in total. The zero-order valence-electron chi connectivity index (χ0n) is 15.2. The lowest BCUT2D eigenvalue weighted by Gasteiger charge is -2.30. The third-order valence-electron chi connectivity index (χ3n) is 4.92. The molecule has 2 aromatic rings. The molecule has 0 atom stereocenters. The highest BCUT2D eigenvalue weighted by atomic mass is 127. The van der Waals surface area contributed by atoms with E-state index in [9.17, 15) is 9.59 Å². The number of aryl methyl sites for hydroxylation is 1. The van der Waals surface area contributed by atoms with Gasteiger partial charge in [0, 0.05) is 25.8 Å². The van der Waals surface area contributed by atoms with Gasteiger partial charge in [0.05, 0.1) is 6.54 Å². The second-order valence-electron chi connectivity index (χ2n) is 6.93. The third kappa shape index (κ3) is 5.53. The van der Waals surface area contributed by atoms with Gasteiger partial charge in [0.25, 0.3) is 0 Å². The number of anilines is 1. The van der Waals surface area contributed by atoms with Crippen LogP contribution in [-0.2, 0) is 4.79 Å². The molecule has 142 valence electrons. The van der Waals surface area contributed by atoms with Crippen molar-refractivity contribution in [1.82, 2.24) is 4.90 Å². The van der Waals surface area contributed by atoms with Gasteiger partial charge in [-0.15, -0.1) is 0 Å². The van der Waals surface area contributed by atoms with E-state index < -0.39 is 0 Å². The van der Waals surface area contributed by atoms with Crippen molar-refractivity contribution >= 4 is 51.6 Å². The second kappa shape index (κ2) is 9.17. The molecular weight excluding hydrogens is 475 g/mol. The van der Waals surface area contributed by atoms with Crippen LogP contribution in [0.1, 0.15) is 28.8 Å². The Morgan fingerprint density at radius 2 is 1.81 bits per heavy atom. The molecule has 1 amide bonds. The Kier molecular flexibility index (Phi) is 6.89. The molecule has 1 aliphatic rings. The Hall–Kier alpha value is -1.44. The van der Waals surface area contributed by atoms with Crippen LogP contribution in [0, 0.1) is 16.4 Å². The van der Waals surface area contributed by atoms with E-state index in [4.69, 9.17) is 11.6 Å². The number of carbonyl (C=O) groups is 2. The third-order valence-corrected chi connectivity index (χ3v) is 5.84. The van der Waals surface area contributed by atoms with Gasteiger partial charge in [-0.3, -0.25) is 14.5 Å². The molecule has 0 saturated carbocycles. The smallest absolute Gasteiger partial charge is 0.238 e. The first-order valence-corrected chi connectivity index (χ1v) is 10.5. The van der Waals surface area contributed by atoms with Crippen molar-refractivity contribution in [2.45, 2.75) is 19.8 Å². The van der Waals surface area contributed by atoms with Gasteiger partial charge in [-0.25, -0.2) is 0 Å². The topological polar surface area (TPSA) is 49.4 Å². The summed E-state index contributed by atoms with van der Waals surface area (Å²) >= 11 is 8.15. The van der Waals surface area contributed by atoms with Gasteiger partial charge in [0.2, 0.25) is 5.91 Å². The zero-order chi connectivity index (χ0) is 19.4. The Balaban J connectivity index is 1.49. The molecule has 0 aliphatic carbocycles. The van der Waals surface area contributed by atoms with Crippen LogP contribution in [0.2, 0.25) is 5.02 Å². The summed E-state index contributed by atoms with van der Waals surface area (Å²) in [4.78, 5) is 27.1. The maximum Gasteiger partial charge on any atom is 0.238 e. The largest absolute Gasteiger partial charge is 0.325 e. The van der Waals surface area contributed by atoms with E-state index in [0.717, 1.165) is 40.8 Å². The van der Waals surface area contributed by atoms with E-state index in [1.54, 1.807) is 24.3 Å². The monoisotopic (exact) mass is 496 g/mol. The number of ketones is 1. The van der Waals surface area contributed by atoms with Gasteiger partial charge in [0.15, 0.2) is 5.78 Å². The van der Waals surface area contributed by atoms with E-state index in [1.165, 1.54) is 0 Å². The minimum atomic E-state index is -0.0122. The lowest BCUT2D eigenvalue weighted by atomic mass is 9.89. The lowest BCUT2D eigenvalue weighted by molar-refractivity contribution is -0.117. The van der Waals surface area contributed by atoms with Gasteiger partial charge in [-0.05, 0) is 103 Å². The second-order valence-corrected chi connectivity index (χ2v) is 8.61. The Morgan fingerprint density at radius 3 is 2.44 bits per heavy atom. The van der Waals surface area contributed by atoms with Crippen molar-refractivity contribution in [1.29, 1.82) is 0 Å². The molecule has 0 aromatic heterocycles. The predicted molar refractivity (Wildman–Crippen MR) is 117 cm³/mol. The van der Waals surface area contributed by atoms with E-state index in [-0.39, 0.29) is 17.6 Å². The first kappa shape index (κ1) is 20.3. The number of hydrogen-bond acceptors (Lipinski definition) is 3. The number of nitrogens with one attached hydrogen (secondary N) is 1. The average Bonchev–Trinajstić information content (AvgIpc) is 2.65. The number of carbonyl (C=O) groups excluding carboxylic acids is 2. The highest BCUT2D eigenvalue weighted by Gasteiger charge is 2.26. The van der Waals surface area contributed by atoms with Crippen LogP contribution in [0.4, 0.5) is 5.69 Å². The van der Waals surface area contributed by atoms with Gasteiger partial charge in [-0.1, -0.05) is 11.6 Å². The molecule has 0 spiro atoms. The normalized spacial score (nSPS) is 15.5. The zero-order valence-corrected chi connectivity index (χ0v) is 18.1. The van der Waals surface area contributed by atoms with Crippen molar-refractivity contribution in [3.8, 4) is 0 Å². The summed E-state index contributed by atoms with van der Waals surface area (Å²) in [5.41, 5.74) is 2.63. The summed E-state index contributed by atoms with van der Waals surface area (Å²) in [5.74, 6) is 0.177. The minimum Gasteiger partial charge on any atom is -0.325 e. The molecular formula is C21H22ClIN2O2. The molecule has 27 heavy (non-hydrogen) atoms. The van der Waals surface area contributed by atoms with Crippen molar-refractivity contribution in [2.75, 3.05) is 25.0 Å². The molecule has 3 rings (SSSR count). The maximum absolute atomic E-state index is 12.6. The SMILES string of the molecule is Cc1cc(I)ccc1NC(=O)CN1CCC(C(=O)c2ccc(Cl)cc2)CC1. The van der Waals surface area contributed by atoms with Crippen LogP contribution < -0.4 is 5.32 Å². The summed E-state index contributed by atoms with van der Waals surface area (Å²) in [6.07, 6.45) is 1.55. The highest BCUT2D eigenvalue weighted by molar-refractivity contribution is 14.1. The molecule has 4 nitrogen and oxygen atoms in total. The lowest BCUT2D eigenvalue weighted by Crippen LogP contribution is -2.40. The van der Waals surface area contributed by atoms with Crippen LogP contribution in [0.5, 0.6) is 0 Å². The molecule has 2 aromatic carbocycles. The first-order chi connectivity index (χ1) is 12.9. The quantitative estimate of drug-likeness (QED) is 0.478. The summed E-state index contributed by atoms with van der Waals surface area (Å²) < 4.78 is 1.15. The number of nitrogens with zero attached hydrogens (tertiary/aromatic N) is 1. The molecule has 1 aliphatic heterocycles. The number of halogens is 2. The molecule has 0 radical (unpaired) electrons. The Morgan fingerprint density at radius 1 is 1.15 bits per heavy atom. The fourth-order valence-electron chi connectivity index (χ4n) is 3.36. The highest BCUT2D eigenvalue weighted by Crippen LogP contribution is 2.23. The number of Topliss-reactive ketones (excluding diaryl/α,β-unsaturated/α-hetero) is 1. The molecule has 1 saturated heterocycles. The van der Waals surface area contributed by atoms with Crippen LogP contribution >= 0.6 is 34.2 Å². The summed E-state index contributed by atoms with van der Waals surface area (Å²) in [6, 6.07) is 13.0. The van der Waals surface area contributed by atoms with Crippen LogP contribution in [-0.4, -0.2) is 36.2 Å². The predicted octanol–water partition coefficient (Wildman–Crippen LogP) is 4.79. The molecule has 1 heterocycles. The van der Waals surface area contributed by atoms with E-state index in [0.29, 0.717) is 17.1 Å². The fraction of sp³-hybridized carbons (Fsp3) is 0.333. The van der Waals surface area contributed by atoms with E-state index in [1.807, 2.05) is 25.1 Å². The maximum atomic E-state index is 12.6. The van der Waals surface area contributed by atoms with Crippen molar-refractivity contribution in [3.63, 3.8) is 0 Å². The van der Waals surface area contributed by atoms with Gasteiger partial charge < -0.3 is 5.32 Å². The fourth-order valence-corrected chi connectivity index (χ4v) is 4.14. The number of benzene rings is 2. The molecule has 0 bridgehead atoms. The van der Waals surface area contributed by atoms with Crippen molar-refractivity contribution in [2.24, 2.45) is 5.92 Å². The van der Waals surface area contributed by atoms with Crippen LogP contribution in [0.3, 0.4) is 0 Å². The van der Waals surface area contributed by atoms with Gasteiger partial charge in [0.1, 0.15) is 0 Å².